The number of aryl methyl sites for hydroxylation is 1. The van der Waals surface area contributed by atoms with Crippen LogP contribution in [0.5, 0.6) is 11.5 Å². The van der Waals surface area contributed by atoms with Crippen LogP contribution in [-0.4, -0.2) is 12.2 Å². The highest BCUT2D eigenvalue weighted by Crippen LogP contribution is 2.28. The second-order valence-electron chi connectivity index (χ2n) is 4.28. The molecule has 0 radical (unpaired) electrons. The van der Waals surface area contributed by atoms with Crippen molar-refractivity contribution in [3.8, 4) is 11.5 Å². The molecule has 19 heavy (non-hydrogen) atoms. The van der Waals surface area contributed by atoms with E-state index in [0.717, 1.165) is 16.8 Å². The molecule has 0 spiro atoms. The van der Waals surface area contributed by atoms with E-state index in [-0.39, 0.29) is 5.75 Å². The van der Waals surface area contributed by atoms with Crippen molar-refractivity contribution in [2.45, 2.75) is 13.5 Å². The van der Waals surface area contributed by atoms with Crippen LogP contribution in [0.4, 0.5) is 5.69 Å². The summed E-state index contributed by atoms with van der Waals surface area (Å²) in [6.45, 7) is 2.47. The van der Waals surface area contributed by atoms with Crippen molar-refractivity contribution in [1.82, 2.24) is 0 Å². The Morgan fingerprint density at radius 2 is 2.05 bits per heavy atom. The molecule has 0 amide bonds. The van der Waals surface area contributed by atoms with Gasteiger partial charge in [-0.2, -0.15) is 0 Å². The zero-order valence-corrected chi connectivity index (χ0v) is 11.7. The van der Waals surface area contributed by atoms with E-state index in [2.05, 4.69) is 5.32 Å². The highest BCUT2D eigenvalue weighted by atomic mass is 35.5. The first-order valence-electron chi connectivity index (χ1n) is 5.96. The first-order valence-corrected chi connectivity index (χ1v) is 6.34. The van der Waals surface area contributed by atoms with Gasteiger partial charge >= 0.3 is 0 Å². The first-order chi connectivity index (χ1) is 9.11. The van der Waals surface area contributed by atoms with Gasteiger partial charge in [-0.1, -0.05) is 23.7 Å². The molecule has 2 rings (SSSR count). The summed E-state index contributed by atoms with van der Waals surface area (Å²) in [5.74, 6) is 0.948. The number of aromatic hydroxyl groups is 1. The maximum Gasteiger partial charge on any atom is 0.120 e. The van der Waals surface area contributed by atoms with Crippen LogP contribution in [0.2, 0.25) is 5.02 Å². The number of anilines is 1. The fourth-order valence-corrected chi connectivity index (χ4v) is 2.16. The van der Waals surface area contributed by atoms with E-state index < -0.39 is 0 Å². The lowest BCUT2D eigenvalue weighted by Crippen LogP contribution is -2.02. The van der Waals surface area contributed by atoms with Gasteiger partial charge in [0, 0.05) is 12.1 Å². The van der Waals surface area contributed by atoms with Gasteiger partial charge in [0.05, 0.1) is 17.8 Å². The minimum absolute atomic E-state index is 0.234. The summed E-state index contributed by atoms with van der Waals surface area (Å²) in [7, 11) is 1.60. The molecule has 4 heteroatoms. The standard InChI is InChI=1S/C15H16ClNO2/c1-10-4-3-5-13(16)15(10)17-9-11-8-12(19-2)6-7-14(11)18/h3-8,17-18H,9H2,1-2H3. The summed E-state index contributed by atoms with van der Waals surface area (Å²) < 4.78 is 5.14. The summed E-state index contributed by atoms with van der Waals surface area (Å²) in [5, 5.41) is 13.7. The van der Waals surface area contributed by atoms with Gasteiger partial charge in [0.2, 0.25) is 0 Å². The number of methoxy groups -OCH3 is 1. The summed E-state index contributed by atoms with van der Waals surface area (Å²) in [5.41, 5.74) is 2.71. The summed E-state index contributed by atoms with van der Waals surface area (Å²) >= 11 is 6.14. The Morgan fingerprint density at radius 1 is 1.26 bits per heavy atom. The molecule has 2 aromatic carbocycles. The van der Waals surface area contributed by atoms with Crippen molar-refractivity contribution in [3.05, 3.63) is 52.5 Å². The molecule has 0 saturated carbocycles. The number of phenols is 1. The molecule has 0 aliphatic carbocycles. The van der Waals surface area contributed by atoms with Crippen LogP contribution in [0.1, 0.15) is 11.1 Å². The predicted molar refractivity (Wildman–Crippen MR) is 78.2 cm³/mol. The molecule has 0 fully saturated rings. The highest BCUT2D eigenvalue weighted by molar-refractivity contribution is 6.33. The van der Waals surface area contributed by atoms with Crippen LogP contribution in [0.15, 0.2) is 36.4 Å². The van der Waals surface area contributed by atoms with Crippen LogP contribution in [-0.2, 0) is 6.54 Å². The van der Waals surface area contributed by atoms with Crippen LogP contribution in [0.25, 0.3) is 0 Å². The topological polar surface area (TPSA) is 41.5 Å². The number of hydrogen-bond acceptors (Lipinski definition) is 3. The number of hydrogen-bond donors (Lipinski definition) is 2. The Morgan fingerprint density at radius 3 is 2.74 bits per heavy atom. The Kier molecular flexibility index (Phi) is 4.17. The maximum absolute atomic E-state index is 9.82. The smallest absolute Gasteiger partial charge is 0.120 e. The van der Waals surface area contributed by atoms with Crippen molar-refractivity contribution in [1.29, 1.82) is 0 Å². The Hall–Kier alpha value is -1.87. The lowest BCUT2D eigenvalue weighted by Gasteiger charge is -2.13. The second kappa shape index (κ2) is 5.85. The molecular weight excluding hydrogens is 262 g/mol. The lowest BCUT2D eigenvalue weighted by molar-refractivity contribution is 0.411. The van der Waals surface area contributed by atoms with Crippen molar-refractivity contribution in [3.63, 3.8) is 0 Å². The third-order valence-electron chi connectivity index (χ3n) is 2.96. The van der Waals surface area contributed by atoms with Crippen molar-refractivity contribution < 1.29 is 9.84 Å². The molecular formula is C15H16ClNO2. The predicted octanol–water partition coefficient (Wildman–Crippen LogP) is 3.97. The second-order valence-corrected chi connectivity index (χ2v) is 4.69. The van der Waals surface area contributed by atoms with E-state index in [4.69, 9.17) is 16.3 Å². The Labute approximate surface area is 117 Å². The van der Waals surface area contributed by atoms with Gasteiger partial charge in [0.1, 0.15) is 11.5 Å². The molecule has 0 saturated heterocycles. The van der Waals surface area contributed by atoms with E-state index in [0.29, 0.717) is 17.3 Å². The molecule has 0 aliphatic heterocycles. The number of ether oxygens (including phenoxy) is 1. The molecule has 0 unspecified atom stereocenters. The minimum Gasteiger partial charge on any atom is -0.508 e. The number of nitrogens with one attached hydrogen (secondary N) is 1. The third kappa shape index (κ3) is 3.12. The van der Waals surface area contributed by atoms with Crippen LogP contribution in [0.3, 0.4) is 0 Å². The highest BCUT2D eigenvalue weighted by Gasteiger charge is 2.06. The molecule has 0 heterocycles. The Bertz CT molecular complexity index is 564. The zero-order chi connectivity index (χ0) is 13.8. The van der Waals surface area contributed by atoms with E-state index in [1.54, 1.807) is 25.3 Å². The number of rotatable bonds is 4. The van der Waals surface area contributed by atoms with Gasteiger partial charge < -0.3 is 15.2 Å². The molecule has 2 N–H and O–H groups in total. The number of para-hydroxylation sites is 1. The van der Waals surface area contributed by atoms with Gasteiger partial charge in [-0.3, -0.25) is 0 Å². The van der Waals surface area contributed by atoms with E-state index in [1.807, 2.05) is 25.1 Å². The van der Waals surface area contributed by atoms with Gasteiger partial charge in [0.15, 0.2) is 0 Å². The van der Waals surface area contributed by atoms with Crippen LogP contribution >= 0.6 is 11.6 Å². The minimum atomic E-state index is 0.234. The summed E-state index contributed by atoms with van der Waals surface area (Å²) in [6, 6.07) is 10.9. The van der Waals surface area contributed by atoms with E-state index >= 15 is 0 Å². The largest absolute Gasteiger partial charge is 0.508 e. The average Bonchev–Trinajstić information content (AvgIpc) is 2.40. The van der Waals surface area contributed by atoms with Crippen LogP contribution in [0, 0.1) is 6.92 Å². The van der Waals surface area contributed by atoms with Gasteiger partial charge in [0.25, 0.3) is 0 Å². The molecule has 0 atom stereocenters. The molecule has 0 aromatic heterocycles. The molecule has 2 aromatic rings. The average molecular weight is 278 g/mol. The van der Waals surface area contributed by atoms with Gasteiger partial charge in [-0.15, -0.1) is 0 Å². The fraction of sp³-hybridized carbons (Fsp3) is 0.200. The lowest BCUT2D eigenvalue weighted by atomic mass is 10.1. The quantitative estimate of drug-likeness (QED) is 0.888. The first kappa shape index (κ1) is 13.6. The number of halogens is 1. The number of phenolic OH excluding ortho intramolecular Hbond substituents is 1. The van der Waals surface area contributed by atoms with Crippen LogP contribution < -0.4 is 10.1 Å². The van der Waals surface area contributed by atoms with Crippen molar-refractivity contribution in [2.75, 3.05) is 12.4 Å². The van der Waals surface area contributed by atoms with Gasteiger partial charge in [-0.05, 0) is 36.8 Å². The number of benzene rings is 2. The van der Waals surface area contributed by atoms with Gasteiger partial charge in [-0.25, -0.2) is 0 Å². The zero-order valence-electron chi connectivity index (χ0n) is 10.9. The molecule has 0 aliphatic rings. The molecule has 0 bridgehead atoms. The monoisotopic (exact) mass is 277 g/mol. The molecule has 3 nitrogen and oxygen atoms in total. The summed E-state index contributed by atoms with van der Waals surface area (Å²) in [4.78, 5) is 0. The normalized spacial score (nSPS) is 10.3. The summed E-state index contributed by atoms with van der Waals surface area (Å²) in [6.07, 6.45) is 0. The van der Waals surface area contributed by atoms with Crippen molar-refractivity contribution >= 4 is 17.3 Å². The molecule has 100 valence electrons. The Balaban J connectivity index is 2.19. The maximum atomic E-state index is 9.82. The van der Waals surface area contributed by atoms with E-state index in [9.17, 15) is 5.11 Å². The van der Waals surface area contributed by atoms with E-state index in [1.165, 1.54) is 0 Å². The third-order valence-corrected chi connectivity index (χ3v) is 3.28. The van der Waals surface area contributed by atoms with Crippen molar-refractivity contribution in [2.24, 2.45) is 0 Å². The fourth-order valence-electron chi connectivity index (χ4n) is 1.87. The SMILES string of the molecule is COc1ccc(O)c(CNc2c(C)cccc2Cl)c1.